The average Bonchev–Trinajstić information content (AvgIpc) is 2.15. The summed E-state index contributed by atoms with van der Waals surface area (Å²) in [5.74, 6) is 0. The second-order valence-electron chi connectivity index (χ2n) is 1.34. The third kappa shape index (κ3) is 0.376. The van der Waals surface area contributed by atoms with E-state index in [1.165, 1.54) is 0 Å². The van der Waals surface area contributed by atoms with E-state index in [4.69, 9.17) is 0 Å². The fourth-order valence-corrected chi connectivity index (χ4v) is 1.13. The smallest absolute Gasteiger partial charge is 0.211 e. The first-order valence-corrected chi connectivity index (χ1v) is 3.01. The van der Waals surface area contributed by atoms with Gasteiger partial charge in [-0.2, -0.15) is 4.98 Å². The van der Waals surface area contributed by atoms with Crippen LogP contribution >= 0.6 is 11.3 Å². The van der Waals surface area contributed by atoms with Crippen LogP contribution in [0.1, 0.15) is 0 Å². The van der Waals surface area contributed by atoms with Crippen molar-refractivity contribution in [2.45, 2.75) is 0 Å². The van der Waals surface area contributed by atoms with Crippen LogP contribution < -0.4 is 0 Å². The van der Waals surface area contributed by atoms with Gasteiger partial charge in [-0.3, -0.25) is 0 Å². The highest BCUT2D eigenvalue weighted by Crippen LogP contribution is 2.03. The normalized spacial score (nSPS) is 10.5. The second-order valence-corrected chi connectivity index (χ2v) is 2.21. The van der Waals surface area contributed by atoms with Crippen molar-refractivity contribution >= 4 is 16.3 Å². The summed E-state index contributed by atoms with van der Waals surface area (Å²) in [7, 11) is 0. The van der Waals surface area contributed by atoms with Crippen molar-refractivity contribution in [2.75, 3.05) is 0 Å². The maximum absolute atomic E-state index is 3.82. The Morgan fingerprint density at radius 2 is 2.75 bits per heavy atom. The van der Waals surface area contributed by atoms with Crippen molar-refractivity contribution in [3.63, 3.8) is 0 Å². The number of hydrogen-bond acceptors (Lipinski definition) is 3. The van der Waals surface area contributed by atoms with Crippen LogP contribution in [0.2, 0.25) is 0 Å². The van der Waals surface area contributed by atoms with E-state index in [-0.39, 0.29) is 0 Å². The predicted molar refractivity (Wildman–Crippen MR) is 29.7 cm³/mol. The molecule has 3 nitrogen and oxygen atoms in total. The van der Waals surface area contributed by atoms with Crippen LogP contribution in [0.3, 0.4) is 0 Å². The Bertz CT molecular complexity index is 233. The third-order valence-electron chi connectivity index (χ3n) is 0.870. The lowest BCUT2D eigenvalue weighted by Crippen LogP contribution is -1.74. The molecule has 0 spiro atoms. The molecule has 39 valence electrons. The molecule has 0 unspecified atom stereocenters. The SMILES string of the molecule is [c]1nc2sccn2n1. The summed E-state index contributed by atoms with van der Waals surface area (Å²) in [6.45, 7) is 0. The van der Waals surface area contributed by atoms with Gasteiger partial charge in [0.25, 0.3) is 0 Å². The van der Waals surface area contributed by atoms with E-state index < -0.39 is 0 Å². The first-order valence-electron chi connectivity index (χ1n) is 2.13. The molecule has 2 heterocycles. The van der Waals surface area contributed by atoms with Crippen LogP contribution in [-0.4, -0.2) is 14.6 Å². The highest BCUT2D eigenvalue weighted by molar-refractivity contribution is 7.15. The van der Waals surface area contributed by atoms with E-state index >= 15 is 0 Å². The molecular formula is C4H2N3S. The lowest BCUT2D eigenvalue weighted by atomic mass is 11.0. The topological polar surface area (TPSA) is 30.2 Å². The molecule has 1 radical (unpaired) electrons. The molecule has 0 saturated carbocycles. The first kappa shape index (κ1) is 4.03. The number of rotatable bonds is 0. The van der Waals surface area contributed by atoms with Gasteiger partial charge in [0.05, 0.1) is 0 Å². The maximum atomic E-state index is 3.82. The molecule has 0 atom stereocenters. The standard InChI is InChI=1S/C4H2N3S/c1-2-8-4-5-3-6-7(1)4/h1-2H. The van der Waals surface area contributed by atoms with Crippen molar-refractivity contribution in [3.05, 3.63) is 17.9 Å². The second kappa shape index (κ2) is 1.29. The van der Waals surface area contributed by atoms with Gasteiger partial charge in [-0.15, -0.1) is 16.4 Å². The minimum Gasteiger partial charge on any atom is -0.211 e. The average molecular weight is 124 g/mol. The van der Waals surface area contributed by atoms with Gasteiger partial charge in [0.1, 0.15) is 0 Å². The zero-order chi connectivity index (χ0) is 5.40. The Morgan fingerprint density at radius 1 is 1.75 bits per heavy atom. The van der Waals surface area contributed by atoms with E-state index in [0.717, 1.165) is 4.96 Å². The van der Waals surface area contributed by atoms with Gasteiger partial charge in [-0.05, 0) is 0 Å². The Kier molecular flexibility index (Phi) is 0.648. The zero-order valence-electron chi connectivity index (χ0n) is 3.90. The molecule has 2 aromatic rings. The van der Waals surface area contributed by atoms with Gasteiger partial charge in [0.2, 0.25) is 11.3 Å². The van der Waals surface area contributed by atoms with Gasteiger partial charge in [-0.25, -0.2) is 4.52 Å². The monoisotopic (exact) mass is 124 g/mol. The molecule has 0 aliphatic carbocycles. The Hall–Kier alpha value is -0.900. The van der Waals surface area contributed by atoms with Crippen LogP contribution in [0, 0.1) is 6.33 Å². The number of aromatic nitrogens is 3. The third-order valence-corrected chi connectivity index (χ3v) is 1.62. The van der Waals surface area contributed by atoms with E-state index in [1.54, 1.807) is 15.9 Å². The van der Waals surface area contributed by atoms with Gasteiger partial charge in [0, 0.05) is 11.6 Å². The molecular weight excluding hydrogens is 122 g/mol. The fraction of sp³-hybridized carbons (Fsp3) is 0. The molecule has 2 aromatic heterocycles. The van der Waals surface area contributed by atoms with E-state index in [1.807, 2.05) is 11.6 Å². The lowest BCUT2D eigenvalue weighted by Gasteiger charge is -1.69. The molecule has 0 bridgehead atoms. The number of thiazole rings is 1. The van der Waals surface area contributed by atoms with Crippen molar-refractivity contribution in [2.24, 2.45) is 0 Å². The summed E-state index contributed by atoms with van der Waals surface area (Å²) in [5, 5.41) is 5.70. The molecule has 0 saturated heterocycles. The molecule has 0 aliphatic heterocycles. The first-order chi connectivity index (χ1) is 3.97. The quantitative estimate of drug-likeness (QED) is 0.514. The molecule has 8 heavy (non-hydrogen) atoms. The lowest BCUT2D eigenvalue weighted by molar-refractivity contribution is 0.971. The van der Waals surface area contributed by atoms with Crippen molar-refractivity contribution < 1.29 is 0 Å². The molecule has 0 N–H and O–H groups in total. The highest BCUT2D eigenvalue weighted by atomic mass is 32.1. The van der Waals surface area contributed by atoms with E-state index in [9.17, 15) is 0 Å². The highest BCUT2D eigenvalue weighted by Gasteiger charge is 1.91. The van der Waals surface area contributed by atoms with Crippen molar-refractivity contribution in [1.82, 2.24) is 14.6 Å². The van der Waals surface area contributed by atoms with Crippen molar-refractivity contribution in [1.29, 1.82) is 0 Å². The molecule has 4 heteroatoms. The van der Waals surface area contributed by atoms with Crippen molar-refractivity contribution in [3.8, 4) is 0 Å². The van der Waals surface area contributed by atoms with Crippen LogP contribution in [0.15, 0.2) is 11.6 Å². The van der Waals surface area contributed by atoms with Gasteiger partial charge in [0.15, 0.2) is 0 Å². The number of nitrogens with zero attached hydrogens (tertiary/aromatic N) is 3. The van der Waals surface area contributed by atoms with Gasteiger partial charge >= 0.3 is 0 Å². The molecule has 0 aliphatic rings. The largest absolute Gasteiger partial charge is 0.222 e. The Morgan fingerprint density at radius 3 is 3.62 bits per heavy atom. The zero-order valence-corrected chi connectivity index (χ0v) is 4.72. The maximum Gasteiger partial charge on any atom is 0.222 e. The summed E-state index contributed by atoms with van der Waals surface area (Å²) in [4.78, 5) is 4.72. The van der Waals surface area contributed by atoms with Crippen LogP contribution in [-0.2, 0) is 0 Å². The fourth-order valence-electron chi connectivity index (χ4n) is 0.534. The van der Waals surface area contributed by atoms with E-state index in [0.29, 0.717) is 0 Å². The van der Waals surface area contributed by atoms with Gasteiger partial charge < -0.3 is 0 Å². The van der Waals surface area contributed by atoms with Gasteiger partial charge in [-0.1, -0.05) is 0 Å². The van der Waals surface area contributed by atoms with E-state index in [2.05, 4.69) is 16.4 Å². The number of hydrogen-bond donors (Lipinski definition) is 0. The Labute approximate surface area is 49.6 Å². The van der Waals surface area contributed by atoms with Crippen LogP contribution in [0.25, 0.3) is 4.96 Å². The predicted octanol–water partition coefficient (Wildman–Crippen LogP) is 0.591. The molecule has 0 aromatic carbocycles. The minimum atomic E-state index is 0.894. The number of fused-ring (bicyclic) bond motifs is 1. The summed E-state index contributed by atoms with van der Waals surface area (Å²) in [5.41, 5.74) is 0. The van der Waals surface area contributed by atoms with Crippen LogP contribution in [0.4, 0.5) is 0 Å². The molecule has 0 fully saturated rings. The minimum absolute atomic E-state index is 0.894. The van der Waals surface area contributed by atoms with Crippen LogP contribution in [0.5, 0.6) is 0 Å². The summed E-state index contributed by atoms with van der Waals surface area (Å²) < 4.78 is 1.69. The summed E-state index contributed by atoms with van der Waals surface area (Å²) in [6.07, 6.45) is 4.34. The Balaban J connectivity index is 3.06. The summed E-state index contributed by atoms with van der Waals surface area (Å²) in [6, 6.07) is 0. The summed E-state index contributed by atoms with van der Waals surface area (Å²) >= 11 is 1.55. The molecule has 2 rings (SSSR count). The molecule has 0 amide bonds.